The van der Waals surface area contributed by atoms with Crippen molar-refractivity contribution in [3.05, 3.63) is 60.1 Å². The number of carbonyl (C=O) groups excluding carboxylic acids is 2. The van der Waals surface area contributed by atoms with Crippen LogP contribution in [0.4, 0.5) is 0 Å². The van der Waals surface area contributed by atoms with E-state index in [9.17, 15) is 9.59 Å². The minimum Gasteiger partial charge on any atom is -0.459 e. The minimum absolute atomic E-state index is 0.0247. The number of piperidine rings is 1. The third-order valence-corrected chi connectivity index (χ3v) is 5.06. The summed E-state index contributed by atoms with van der Waals surface area (Å²) in [5.41, 5.74) is 1.14. The molecule has 2 unspecified atom stereocenters. The molecule has 0 aliphatic carbocycles. The number of likely N-dealkylation sites (tertiary alicyclic amines) is 1. The van der Waals surface area contributed by atoms with E-state index in [0.29, 0.717) is 26.1 Å². The summed E-state index contributed by atoms with van der Waals surface area (Å²) in [6.07, 6.45) is 4.75. The molecule has 1 aliphatic heterocycles. The van der Waals surface area contributed by atoms with Crippen LogP contribution in [0.5, 0.6) is 0 Å². The molecule has 150 valence electrons. The van der Waals surface area contributed by atoms with Crippen molar-refractivity contribution in [2.45, 2.75) is 44.8 Å². The van der Waals surface area contributed by atoms with E-state index < -0.39 is 6.04 Å². The summed E-state index contributed by atoms with van der Waals surface area (Å²) in [5.74, 6) is -0.0383. The Bertz CT molecular complexity index is 745. The van der Waals surface area contributed by atoms with E-state index in [-0.39, 0.29) is 23.7 Å². The van der Waals surface area contributed by atoms with Crippen LogP contribution >= 0.6 is 0 Å². The summed E-state index contributed by atoms with van der Waals surface area (Å²) in [6, 6.07) is 12.9. The van der Waals surface area contributed by atoms with Gasteiger partial charge in [-0.2, -0.15) is 0 Å². The fourth-order valence-corrected chi connectivity index (χ4v) is 3.47. The van der Waals surface area contributed by atoms with E-state index in [1.807, 2.05) is 37.3 Å². The molecule has 2 atom stereocenters. The number of hydrogen-bond acceptors (Lipinski definition) is 4. The Morgan fingerprint density at radius 3 is 2.79 bits per heavy atom. The number of ether oxygens (including phenoxy) is 1. The highest BCUT2D eigenvalue weighted by atomic mass is 16.5. The van der Waals surface area contributed by atoms with E-state index in [0.717, 1.165) is 24.8 Å². The van der Waals surface area contributed by atoms with Crippen molar-refractivity contribution in [2.24, 2.45) is 0 Å². The fourth-order valence-electron chi connectivity index (χ4n) is 3.47. The lowest BCUT2D eigenvalue weighted by atomic mass is 10.0. The maximum atomic E-state index is 12.6. The van der Waals surface area contributed by atoms with Crippen molar-refractivity contribution >= 4 is 11.8 Å². The van der Waals surface area contributed by atoms with Crippen molar-refractivity contribution in [3.63, 3.8) is 0 Å². The highest BCUT2D eigenvalue weighted by Crippen LogP contribution is 2.20. The molecule has 2 aromatic rings. The topological polar surface area (TPSA) is 71.8 Å². The second-order valence-corrected chi connectivity index (χ2v) is 7.06. The number of carbonyl (C=O) groups is 2. The average Bonchev–Trinajstić information content (AvgIpc) is 3.28. The van der Waals surface area contributed by atoms with Crippen LogP contribution in [0.25, 0.3) is 0 Å². The zero-order valence-corrected chi connectivity index (χ0v) is 16.3. The largest absolute Gasteiger partial charge is 0.459 e. The van der Waals surface area contributed by atoms with Gasteiger partial charge in [0.15, 0.2) is 5.76 Å². The van der Waals surface area contributed by atoms with Crippen LogP contribution in [0, 0.1) is 0 Å². The average molecular weight is 384 g/mol. The van der Waals surface area contributed by atoms with E-state index in [1.54, 1.807) is 17.0 Å². The lowest BCUT2D eigenvalue weighted by Crippen LogP contribution is -2.52. The third kappa shape index (κ3) is 5.23. The van der Waals surface area contributed by atoms with E-state index >= 15 is 0 Å². The summed E-state index contributed by atoms with van der Waals surface area (Å²) in [5, 5.41) is 2.95. The van der Waals surface area contributed by atoms with E-state index in [2.05, 4.69) is 5.32 Å². The molecule has 0 saturated carbocycles. The number of hydrogen-bond donors (Lipinski definition) is 1. The van der Waals surface area contributed by atoms with Crippen LogP contribution in [-0.2, 0) is 9.53 Å². The van der Waals surface area contributed by atoms with Crippen LogP contribution in [0.2, 0.25) is 0 Å². The maximum Gasteiger partial charge on any atom is 0.290 e. The first-order chi connectivity index (χ1) is 13.7. The monoisotopic (exact) mass is 384 g/mol. The van der Waals surface area contributed by atoms with Gasteiger partial charge in [-0.1, -0.05) is 30.3 Å². The minimum atomic E-state index is -0.435. The number of rotatable bonds is 8. The Hall–Kier alpha value is -2.60. The first kappa shape index (κ1) is 20.1. The second-order valence-electron chi connectivity index (χ2n) is 7.06. The number of furan rings is 1. The van der Waals surface area contributed by atoms with Gasteiger partial charge < -0.3 is 19.4 Å². The molecule has 6 heteroatoms. The highest BCUT2D eigenvalue weighted by Gasteiger charge is 2.33. The van der Waals surface area contributed by atoms with Gasteiger partial charge in [0.1, 0.15) is 6.04 Å². The maximum absolute atomic E-state index is 12.6. The van der Waals surface area contributed by atoms with Gasteiger partial charge in [0.2, 0.25) is 5.91 Å². The van der Waals surface area contributed by atoms with Gasteiger partial charge >= 0.3 is 0 Å². The Balaban J connectivity index is 1.42. The number of nitrogens with one attached hydrogen (secondary N) is 1. The summed E-state index contributed by atoms with van der Waals surface area (Å²) < 4.78 is 11.0. The predicted octanol–water partition coefficient (Wildman–Crippen LogP) is 3.56. The zero-order chi connectivity index (χ0) is 19.8. The lowest BCUT2D eigenvalue weighted by molar-refractivity contribution is -0.126. The standard InChI is InChI=1S/C22H28N2O4/c1-17(18-9-3-2-4-10-18)27-16-8-13-23-21(25)19-11-5-6-14-24(19)22(26)20-12-7-15-28-20/h2-4,7,9-10,12,15,17,19H,5-6,8,11,13-14,16H2,1H3,(H,23,25). The zero-order valence-electron chi connectivity index (χ0n) is 16.3. The molecule has 1 aromatic carbocycles. The molecule has 1 fully saturated rings. The Morgan fingerprint density at radius 2 is 2.04 bits per heavy atom. The normalized spacial score (nSPS) is 17.9. The van der Waals surface area contributed by atoms with Crippen LogP contribution in [0.1, 0.15) is 54.8 Å². The smallest absolute Gasteiger partial charge is 0.290 e. The SMILES string of the molecule is CC(OCCCNC(=O)C1CCCCN1C(=O)c1ccco1)c1ccccc1. The lowest BCUT2D eigenvalue weighted by Gasteiger charge is -2.34. The van der Waals surface area contributed by atoms with Crippen LogP contribution in [-0.4, -0.2) is 42.5 Å². The molecule has 3 rings (SSSR count). The first-order valence-electron chi connectivity index (χ1n) is 9.95. The van der Waals surface area contributed by atoms with Gasteiger partial charge in [-0.3, -0.25) is 9.59 Å². The molecule has 0 spiro atoms. The molecule has 2 heterocycles. The van der Waals surface area contributed by atoms with Crippen molar-refractivity contribution in [1.29, 1.82) is 0 Å². The van der Waals surface area contributed by atoms with Gasteiger partial charge in [-0.15, -0.1) is 0 Å². The van der Waals surface area contributed by atoms with E-state index in [4.69, 9.17) is 9.15 Å². The first-order valence-corrected chi connectivity index (χ1v) is 9.95. The van der Waals surface area contributed by atoms with Crippen LogP contribution < -0.4 is 5.32 Å². The molecule has 1 aromatic heterocycles. The van der Waals surface area contributed by atoms with Crippen LogP contribution in [0.15, 0.2) is 53.1 Å². The van der Waals surface area contributed by atoms with Crippen LogP contribution in [0.3, 0.4) is 0 Å². The molecule has 2 amide bonds. The molecule has 6 nitrogen and oxygen atoms in total. The molecule has 0 bridgehead atoms. The molecular formula is C22H28N2O4. The van der Waals surface area contributed by atoms with Gasteiger partial charge in [-0.05, 0) is 50.3 Å². The van der Waals surface area contributed by atoms with Crippen molar-refractivity contribution in [1.82, 2.24) is 10.2 Å². The predicted molar refractivity (Wildman–Crippen MR) is 106 cm³/mol. The highest BCUT2D eigenvalue weighted by molar-refractivity contribution is 5.95. The molecule has 0 radical (unpaired) electrons. The van der Waals surface area contributed by atoms with Gasteiger partial charge in [-0.25, -0.2) is 0 Å². The fraction of sp³-hybridized carbons (Fsp3) is 0.455. The quantitative estimate of drug-likeness (QED) is 0.707. The Morgan fingerprint density at radius 1 is 1.21 bits per heavy atom. The summed E-state index contributed by atoms with van der Waals surface area (Å²) in [4.78, 5) is 26.8. The Kier molecular flexibility index (Phi) is 7.25. The molecular weight excluding hydrogens is 356 g/mol. The van der Waals surface area contributed by atoms with Gasteiger partial charge in [0.25, 0.3) is 5.91 Å². The summed E-state index contributed by atoms with van der Waals surface area (Å²) in [7, 11) is 0. The number of amides is 2. The van der Waals surface area contributed by atoms with Gasteiger partial charge in [0, 0.05) is 19.7 Å². The van der Waals surface area contributed by atoms with Crippen molar-refractivity contribution < 1.29 is 18.7 Å². The Labute approximate surface area is 165 Å². The molecule has 1 N–H and O–H groups in total. The van der Waals surface area contributed by atoms with Gasteiger partial charge in [0.05, 0.1) is 12.4 Å². The van der Waals surface area contributed by atoms with Crippen molar-refractivity contribution in [2.75, 3.05) is 19.7 Å². The number of nitrogens with zero attached hydrogens (tertiary/aromatic N) is 1. The van der Waals surface area contributed by atoms with E-state index in [1.165, 1.54) is 6.26 Å². The third-order valence-electron chi connectivity index (χ3n) is 5.06. The molecule has 1 aliphatic rings. The second kappa shape index (κ2) is 10.1. The number of benzene rings is 1. The molecule has 28 heavy (non-hydrogen) atoms. The summed E-state index contributed by atoms with van der Waals surface area (Å²) in [6.45, 7) is 3.69. The van der Waals surface area contributed by atoms with Crippen molar-refractivity contribution in [3.8, 4) is 0 Å². The summed E-state index contributed by atoms with van der Waals surface area (Å²) >= 11 is 0. The molecule has 1 saturated heterocycles.